The van der Waals surface area contributed by atoms with Gasteiger partial charge in [0.1, 0.15) is 0 Å². The predicted molar refractivity (Wildman–Crippen MR) is 162 cm³/mol. The monoisotopic (exact) mass is 602 g/mol. The summed E-state index contributed by atoms with van der Waals surface area (Å²) < 4.78 is 24.0. The Morgan fingerprint density at radius 2 is 1.75 bits per heavy atom. The molecule has 0 saturated carbocycles. The summed E-state index contributed by atoms with van der Waals surface area (Å²) in [6.07, 6.45) is 6.83. The van der Waals surface area contributed by atoms with Crippen molar-refractivity contribution in [2.45, 2.75) is 56.6 Å². The highest BCUT2D eigenvalue weighted by atomic mass is 35.5. The second-order valence-corrected chi connectivity index (χ2v) is 13.4. The molecule has 10 heteroatoms. The fourth-order valence-electron chi connectivity index (χ4n) is 5.26. The van der Waals surface area contributed by atoms with Crippen LogP contribution in [-0.4, -0.2) is 62.2 Å². The molecule has 0 spiro atoms. The van der Waals surface area contributed by atoms with Gasteiger partial charge < -0.3 is 15.1 Å². The molecule has 1 aliphatic heterocycles. The van der Waals surface area contributed by atoms with E-state index in [1.165, 1.54) is 29.8 Å². The molecule has 40 heavy (non-hydrogen) atoms. The zero-order chi connectivity index (χ0) is 28.9. The summed E-state index contributed by atoms with van der Waals surface area (Å²) >= 11 is 12.2. The molecule has 2 heterocycles. The summed E-state index contributed by atoms with van der Waals surface area (Å²) in [4.78, 5) is 21.7. The van der Waals surface area contributed by atoms with Crippen molar-refractivity contribution < 1.29 is 13.2 Å². The summed E-state index contributed by atoms with van der Waals surface area (Å²) in [6.45, 7) is 7.43. The van der Waals surface area contributed by atoms with E-state index in [2.05, 4.69) is 58.2 Å². The van der Waals surface area contributed by atoms with Gasteiger partial charge in [0.05, 0.1) is 20.5 Å². The number of likely N-dealkylation sites (tertiary alicyclic amines) is 1. The molecule has 7 nitrogen and oxygen atoms in total. The molecule has 1 amide bonds. The largest absolute Gasteiger partial charge is 0.364 e. The molecule has 0 radical (unpaired) electrons. The Hall–Kier alpha value is -2.65. The molecule has 1 fully saturated rings. The Bertz CT molecular complexity index is 1400. The number of hydrogen-bond acceptors (Lipinski definition) is 6. The summed E-state index contributed by atoms with van der Waals surface area (Å²) in [5.74, 6) is -0.294. The van der Waals surface area contributed by atoms with Gasteiger partial charge in [-0.3, -0.25) is 9.78 Å². The summed E-state index contributed by atoms with van der Waals surface area (Å²) in [6, 6.07) is 16.4. The van der Waals surface area contributed by atoms with Crippen molar-refractivity contribution in [2.75, 3.05) is 30.8 Å². The Balaban J connectivity index is 1.37. The van der Waals surface area contributed by atoms with E-state index in [0.717, 1.165) is 44.6 Å². The van der Waals surface area contributed by atoms with Crippen molar-refractivity contribution >= 4 is 44.6 Å². The normalized spacial score (nSPS) is 15.5. The van der Waals surface area contributed by atoms with Crippen LogP contribution in [0.1, 0.15) is 47.7 Å². The van der Waals surface area contributed by atoms with E-state index in [1.54, 1.807) is 12.1 Å². The minimum Gasteiger partial charge on any atom is -0.364 e. The summed E-state index contributed by atoms with van der Waals surface area (Å²) in [5.41, 5.74) is 3.73. The lowest BCUT2D eigenvalue weighted by Gasteiger charge is -2.42. The molecule has 214 valence electrons. The van der Waals surface area contributed by atoms with Crippen LogP contribution in [0.4, 0.5) is 5.69 Å². The number of pyridine rings is 1. The second kappa shape index (κ2) is 13.3. The third kappa shape index (κ3) is 7.75. The standard InChI is InChI=1S/C30H36Cl2N4O3S/c1-21-5-4-6-23(17-21)20-36(24-7-9-26(10-8-24)40(3,38)39)25-12-15-35(16-13-25)22(2)11-14-34-30(37)29-27(31)18-33-19-28(29)32/h4-10,17-19,22,25H,11-16,20H2,1-3H3,(H,34,37). The molecule has 1 atom stereocenters. The molecule has 1 unspecified atom stereocenters. The first kappa shape index (κ1) is 30.3. The van der Waals surface area contributed by atoms with Crippen molar-refractivity contribution in [3.05, 3.63) is 87.7 Å². The van der Waals surface area contributed by atoms with Crippen molar-refractivity contribution in [1.82, 2.24) is 15.2 Å². The number of aromatic nitrogens is 1. The topological polar surface area (TPSA) is 82.6 Å². The number of amides is 1. The van der Waals surface area contributed by atoms with Gasteiger partial charge in [0.2, 0.25) is 0 Å². The second-order valence-electron chi connectivity index (χ2n) is 10.5. The van der Waals surface area contributed by atoms with Gasteiger partial charge in [-0.15, -0.1) is 0 Å². The fourth-order valence-corrected chi connectivity index (χ4v) is 6.42. The van der Waals surface area contributed by atoms with Crippen LogP contribution in [0.2, 0.25) is 10.0 Å². The quantitative estimate of drug-likeness (QED) is 0.317. The van der Waals surface area contributed by atoms with Crippen LogP contribution >= 0.6 is 23.2 Å². The van der Waals surface area contributed by atoms with E-state index in [-0.39, 0.29) is 21.5 Å². The average molecular weight is 604 g/mol. The number of halogens is 2. The zero-order valence-electron chi connectivity index (χ0n) is 23.1. The van der Waals surface area contributed by atoms with E-state index in [9.17, 15) is 13.2 Å². The lowest BCUT2D eigenvalue weighted by Crippen LogP contribution is -2.48. The lowest BCUT2D eigenvalue weighted by molar-refractivity contribution is 0.0945. The maximum absolute atomic E-state index is 12.6. The molecule has 3 aromatic rings. The van der Waals surface area contributed by atoms with Crippen molar-refractivity contribution in [1.29, 1.82) is 0 Å². The molecule has 2 aromatic carbocycles. The van der Waals surface area contributed by atoms with Crippen molar-refractivity contribution in [3.8, 4) is 0 Å². The number of nitrogens with one attached hydrogen (secondary N) is 1. The van der Waals surface area contributed by atoms with Crippen LogP contribution in [0.15, 0.2) is 65.8 Å². The van der Waals surface area contributed by atoms with Crippen LogP contribution in [0, 0.1) is 6.92 Å². The smallest absolute Gasteiger partial charge is 0.254 e. The van der Waals surface area contributed by atoms with Gasteiger partial charge in [-0.05, 0) is 62.9 Å². The number of piperidine rings is 1. The van der Waals surface area contributed by atoms with E-state index in [1.807, 2.05) is 12.1 Å². The minimum atomic E-state index is -3.25. The molecule has 1 N–H and O–H groups in total. The first-order chi connectivity index (χ1) is 19.0. The molecular formula is C30H36Cl2N4O3S. The number of aryl methyl sites for hydroxylation is 1. The number of carbonyl (C=O) groups is 1. The summed E-state index contributed by atoms with van der Waals surface area (Å²) in [5, 5.41) is 3.41. The van der Waals surface area contributed by atoms with Gasteiger partial charge in [0, 0.05) is 62.6 Å². The average Bonchev–Trinajstić information content (AvgIpc) is 2.91. The Kier molecular flexibility index (Phi) is 10.1. The van der Waals surface area contributed by atoms with Crippen molar-refractivity contribution in [2.24, 2.45) is 0 Å². The van der Waals surface area contributed by atoms with Gasteiger partial charge in [0.25, 0.3) is 5.91 Å². The molecule has 0 aliphatic carbocycles. The first-order valence-corrected chi connectivity index (χ1v) is 16.1. The minimum absolute atomic E-state index is 0.237. The fraction of sp³-hybridized carbons (Fsp3) is 0.400. The number of anilines is 1. The molecule has 1 aliphatic rings. The van der Waals surface area contributed by atoms with Crippen LogP contribution in [-0.2, 0) is 16.4 Å². The Morgan fingerprint density at radius 1 is 1.10 bits per heavy atom. The third-order valence-corrected chi connectivity index (χ3v) is 9.22. The lowest BCUT2D eigenvalue weighted by atomic mass is 9.99. The van der Waals surface area contributed by atoms with Gasteiger partial charge in [-0.1, -0.05) is 53.0 Å². The molecule has 1 saturated heterocycles. The van der Waals surface area contributed by atoms with Crippen LogP contribution in [0.25, 0.3) is 0 Å². The number of sulfone groups is 1. The maximum Gasteiger partial charge on any atom is 0.254 e. The number of benzene rings is 2. The number of hydrogen-bond donors (Lipinski definition) is 1. The Labute approximate surface area is 247 Å². The first-order valence-electron chi connectivity index (χ1n) is 13.5. The van der Waals surface area contributed by atoms with E-state index in [4.69, 9.17) is 23.2 Å². The van der Waals surface area contributed by atoms with E-state index < -0.39 is 9.84 Å². The molecular weight excluding hydrogens is 567 g/mol. The number of nitrogens with zero attached hydrogens (tertiary/aromatic N) is 3. The van der Waals surface area contributed by atoms with Crippen LogP contribution in [0.3, 0.4) is 0 Å². The molecule has 0 bridgehead atoms. The van der Waals surface area contributed by atoms with E-state index in [0.29, 0.717) is 23.5 Å². The summed E-state index contributed by atoms with van der Waals surface area (Å²) in [7, 11) is -3.25. The molecule has 4 rings (SSSR count). The van der Waals surface area contributed by atoms with E-state index >= 15 is 0 Å². The highest BCUT2D eigenvalue weighted by Gasteiger charge is 2.27. The van der Waals surface area contributed by atoms with Crippen LogP contribution < -0.4 is 10.2 Å². The predicted octanol–water partition coefficient (Wildman–Crippen LogP) is 5.78. The highest BCUT2D eigenvalue weighted by Crippen LogP contribution is 2.28. The highest BCUT2D eigenvalue weighted by molar-refractivity contribution is 7.90. The van der Waals surface area contributed by atoms with Gasteiger partial charge in [-0.25, -0.2) is 8.42 Å². The number of carbonyl (C=O) groups excluding carboxylic acids is 1. The zero-order valence-corrected chi connectivity index (χ0v) is 25.4. The maximum atomic E-state index is 12.6. The van der Waals surface area contributed by atoms with Crippen LogP contribution in [0.5, 0.6) is 0 Å². The van der Waals surface area contributed by atoms with Gasteiger partial charge in [0.15, 0.2) is 9.84 Å². The number of rotatable bonds is 10. The van der Waals surface area contributed by atoms with Gasteiger partial charge in [-0.2, -0.15) is 0 Å². The third-order valence-electron chi connectivity index (χ3n) is 7.52. The SMILES string of the molecule is Cc1cccc(CN(c2ccc(S(C)(=O)=O)cc2)C2CCN(C(C)CCNC(=O)c3c(Cl)cncc3Cl)CC2)c1. The molecule has 1 aromatic heterocycles. The van der Waals surface area contributed by atoms with Gasteiger partial charge >= 0.3 is 0 Å². The Morgan fingerprint density at radius 3 is 2.35 bits per heavy atom. The van der Waals surface area contributed by atoms with Crippen molar-refractivity contribution in [3.63, 3.8) is 0 Å².